The van der Waals surface area contributed by atoms with Gasteiger partial charge in [0, 0.05) is 25.5 Å². The molecule has 2 heterocycles. The van der Waals surface area contributed by atoms with Gasteiger partial charge in [0.2, 0.25) is 0 Å². The molecule has 0 amide bonds. The van der Waals surface area contributed by atoms with E-state index in [2.05, 4.69) is 35.0 Å². The molecule has 4 nitrogen and oxygen atoms in total. The lowest BCUT2D eigenvalue weighted by molar-refractivity contribution is 0.621. The van der Waals surface area contributed by atoms with Gasteiger partial charge in [-0.25, -0.2) is 0 Å². The van der Waals surface area contributed by atoms with Crippen molar-refractivity contribution in [2.75, 3.05) is 23.7 Å². The van der Waals surface area contributed by atoms with Crippen molar-refractivity contribution < 1.29 is 0 Å². The summed E-state index contributed by atoms with van der Waals surface area (Å²) >= 11 is 1.48. The van der Waals surface area contributed by atoms with E-state index in [1.54, 1.807) is 12.4 Å². The van der Waals surface area contributed by atoms with Crippen LogP contribution in [0.1, 0.15) is 20.8 Å². The van der Waals surface area contributed by atoms with Gasteiger partial charge in [0.1, 0.15) is 10.8 Å². The lowest BCUT2D eigenvalue weighted by atomic mass is 10.1. The van der Waals surface area contributed by atoms with E-state index >= 15 is 0 Å². The zero-order valence-corrected chi connectivity index (χ0v) is 12.4. The third-order valence-corrected chi connectivity index (χ3v) is 3.85. The molecule has 2 rings (SSSR count). The molecule has 19 heavy (non-hydrogen) atoms. The molecular weight excluding hydrogens is 256 g/mol. The van der Waals surface area contributed by atoms with E-state index in [0.717, 1.165) is 29.2 Å². The quantitative estimate of drug-likeness (QED) is 0.910. The van der Waals surface area contributed by atoms with Crippen LogP contribution in [0.15, 0.2) is 24.5 Å². The molecular formula is C14H20N4S. The van der Waals surface area contributed by atoms with Crippen molar-refractivity contribution >= 4 is 22.4 Å². The molecule has 0 radical (unpaired) electrons. The lowest BCUT2D eigenvalue weighted by Crippen LogP contribution is -2.26. The summed E-state index contributed by atoms with van der Waals surface area (Å²) in [5, 5.41) is 1.15. The second-order valence-electron chi connectivity index (χ2n) is 4.92. The van der Waals surface area contributed by atoms with Crippen LogP contribution in [0, 0.1) is 5.92 Å². The third-order valence-electron chi connectivity index (χ3n) is 2.92. The summed E-state index contributed by atoms with van der Waals surface area (Å²) in [7, 11) is 0. The SMILES string of the molecule is CCN(CC(C)C)c1snc(N)c1-c1ccncc1. The number of anilines is 2. The van der Waals surface area contributed by atoms with E-state index in [4.69, 9.17) is 5.73 Å². The molecule has 5 heteroatoms. The van der Waals surface area contributed by atoms with Gasteiger partial charge >= 0.3 is 0 Å². The number of nitrogen functional groups attached to an aromatic ring is 1. The smallest absolute Gasteiger partial charge is 0.147 e. The van der Waals surface area contributed by atoms with Crippen molar-refractivity contribution in [1.29, 1.82) is 0 Å². The van der Waals surface area contributed by atoms with Crippen LogP contribution in [0.25, 0.3) is 11.1 Å². The average Bonchev–Trinajstić information content (AvgIpc) is 2.78. The first-order valence-electron chi connectivity index (χ1n) is 6.54. The molecule has 0 saturated carbocycles. The fourth-order valence-corrected chi connectivity index (χ4v) is 3.00. The minimum absolute atomic E-state index is 0.605. The molecule has 0 aliphatic carbocycles. The standard InChI is InChI=1S/C14H20N4S/c1-4-18(9-10(2)3)14-12(13(15)17-19-14)11-5-7-16-8-6-11/h5-8,10H,4,9H2,1-3H3,(H2,15,17). The summed E-state index contributed by atoms with van der Waals surface area (Å²) in [5.41, 5.74) is 8.17. The number of pyridine rings is 1. The number of hydrogen-bond acceptors (Lipinski definition) is 5. The van der Waals surface area contributed by atoms with Gasteiger partial charge in [-0.1, -0.05) is 13.8 Å². The molecule has 0 aliphatic rings. The van der Waals surface area contributed by atoms with E-state index in [0.29, 0.717) is 11.7 Å². The van der Waals surface area contributed by atoms with Crippen molar-refractivity contribution in [2.45, 2.75) is 20.8 Å². The lowest BCUT2D eigenvalue weighted by Gasteiger charge is -2.24. The third kappa shape index (κ3) is 3.04. The van der Waals surface area contributed by atoms with Crippen LogP contribution in [-0.2, 0) is 0 Å². The fraction of sp³-hybridized carbons (Fsp3) is 0.429. The molecule has 2 aromatic heterocycles. The van der Waals surface area contributed by atoms with Gasteiger partial charge in [-0.15, -0.1) is 0 Å². The summed E-state index contributed by atoms with van der Waals surface area (Å²) in [5.74, 6) is 1.21. The van der Waals surface area contributed by atoms with Crippen LogP contribution >= 0.6 is 11.5 Å². The molecule has 0 atom stereocenters. The molecule has 0 spiro atoms. The Morgan fingerprint density at radius 2 is 2.00 bits per heavy atom. The highest BCUT2D eigenvalue weighted by atomic mass is 32.1. The summed E-state index contributed by atoms with van der Waals surface area (Å²) < 4.78 is 4.33. The van der Waals surface area contributed by atoms with Crippen molar-refractivity contribution in [3.8, 4) is 11.1 Å². The summed E-state index contributed by atoms with van der Waals surface area (Å²) in [6.45, 7) is 8.57. The Morgan fingerprint density at radius 1 is 1.32 bits per heavy atom. The Hall–Kier alpha value is -1.62. The summed E-state index contributed by atoms with van der Waals surface area (Å²) in [6, 6.07) is 3.96. The van der Waals surface area contributed by atoms with Crippen molar-refractivity contribution in [1.82, 2.24) is 9.36 Å². The highest BCUT2D eigenvalue weighted by molar-refractivity contribution is 7.11. The van der Waals surface area contributed by atoms with E-state index < -0.39 is 0 Å². The number of aromatic nitrogens is 2. The number of rotatable bonds is 5. The summed E-state index contributed by atoms with van der Waals surface area (Å²) in [4.78, 5) is 6.40. The Bertz CT molecular complexity index is 521. The first-order chi connectivity index (χ1) is 9.13. The molecule has 0 saturated heterocycles. The van der Waals surface area contributed by atoms with Gasteiger partial charge in [-0.3, -0.25) is 4.98 Å². The van der Waals surface area contributed by atoms with Crippen molar-refractivity contribution in [3.63, 3.8) is 0 Å². The predicted octanol–water partition coefficient (Wildman–Crippen LogP) is 3.27. The van der Waals surface area contributed by atoms with E-state index in [-0.39, 0.29) is 0 Å². The molecule has 2 N–H and O–H groups in total. The maximum atomic E-state index is 6.05. The molecule has 2 aromatic rings. The maximum Gasteiger partial charge on any atom is 0.147 e. The molecule has 0 fully saturated rings. The number of nitrogens with two attached hydrogens (primary N) is 1. The highest BCUT2D eigenvalue weighted by Crippen LogP contribution is 2.39. The first kappa shape index (κ1) is 13.8. The van der Waals surface area contributed by atoms with Gasteiger partial charge in [0.05, 0.1) is 5.56 Å². The van der Waals surface area contributed by atoms with Crippen LogP contribution in [0.2, 0.25) is 0 Å². The Morgan fingerprint density at radius 3 is 2.58 bits per heavy atom. The Kier molecular flexibility index (Phi) is 4.37. The number of hydrogen-bond donors (Lipinski definition) is 1. The molecule has 102 valence electrons. The average molecular weight is 276 g/mol. The summed E-state index contributed by atoms with van der Waals surface area (Å²) in [6.07, 6.45) is 3.57. The molecule has 0 aromatic carbocycles. The van der Waals surface area contributed by atoms with Crippen LogP contribution in [0.5, 0.6) is 0 Å². The van der Waals surface area contributed by atoms with Gasteiger partial charge in [-0.05, 0) is 42.1 Å². The van der Waals surface area contributed by atoms with E-state index in [1.807, 2.05) is 12.1 Å². The largest absolute Gasteiger partial charge is 0.382 e. The molecule has 0 aliphatic heterocycles. The maximum absolute atomic E-state index is 6.05. The van der Waals surface area contributed by atoms with Gasteiger partial charge in [0.15, 0.2) is 0 Å². The van der Waals surface area contributed by atoms with E-state index in [9.17, 15) is 0 Å². The van der Waals surface area contributed by atoms with Gasteiger partial charge in [-0.2, -0.15) is 4.37 Å². The zero-order chi connectivity index (χ0) is 13.8. The van der Waals surface area contributed by atoms with Crippen LogP contribution < -0.4 is 10.6 Å². The van der Waals surface area contributed by atoms with Crippen molar-refractivity contribution in [3.05, 3.63) is 24.5 Å². The van der Waals surface area contributed by atoms with Crippen molar-refractivity contribution in [2.24, 2.45) is 5.92 Å². The second-order valence-corrected chi connectivity index (χ2v) is 5.67. The fourth-order valence-electron chi connectivity index (χ4n) is 2.10. The Balaban J connectivity index is 2.42. The van der Waals surface area contributed by atoms with Gasteiger partial charge in [0.25, 0.3) is 0 Å². The van der Waals surface area contributed by atoms with Crippen LogP contribution in [0.3, 0.4) is 0 Å². The molecule has 0 unspecified atom stereocenters. The second kappa shape index (κ2) is 6.02. The zero-order valence-electron chi connectivity index (χ0n) is 11.6. The van der Waals surface area contributed by atoms with E-state index in [1.165, 1.54) is 11.5 Å². The minimum atomic E-state index is 0.605. The van der Waals surface area contributed by atoms with Crippen LogP contribution in [0.4, 0.5) is 10.8 Å². The monoisotopic (exact) mass is 276 g/mol. The van der Waals surface area contributed by atoms with Gasteiger partial charge < -0.3 is 10.6 Å². The normalized spacial score (nSPS) is 10.9. The number of nitrogens with zero attached hydrogens (tertiary/aromatic N) is 3. The molecule has 0 bridgehead atoms. The topological polar surface area (TPSA) is 55.0 Å². The van der Waals surface area contributed by atoms with Crippen LogP contribution in [-0.4, -0.2) is 22.4 Å². The first-order valence-corrected chi connectivity index (χ1v) is 7.31. The highest BCUT2D eigenvalue weighted by Gasteiger charge is 2.18. The Labute approximate surface area is 118 Å². The minimum Gasteiger partial charge on any atom is -0.382 e. The predicted molar refractivity (Wildman–Crippen MR) is 82.5 cm³/mol.